The molecule has 0 bridgehead atoms. The van der Waals surface area contributed by atoms with Gasteiger partial charge in [0.15, 0.2) is 0 Å². The second-order valence-electron chi connectivity index (χ2n) is 2.49. The Kier molecular flexibility index (Phi) is 3.29. The fourth-order valence-corrected chi connectivity index (χ4v) is 1.12. The monoisotopic (exact) mass is 227 g/mol. The molecule has 0 aliphatic rings. The van der Waals surface area contributed by atoms with E-state index in [1.807, 2.05) is 19.1 Å². The highest BCUT2D eigenvalue weighted by Crippen LogP contribution is 2.04. The Labute approximate surface area is 79.5 Å². The van der Waals surface area contributed by atoms with Crippen molar-refractivity contribution in [3.05, 3.63) is 39.8 Å². The summed E-state index contributed by atoms with van der Waals surface area (Å²) in [6.07, 6.45) is 5.68. The summed E-state index contributed by atoms with van der Waals surface area (Å²) in [6, 6.07) is 1.59. The van der Waals surface area contributed by atoms with Crippen LogP contribution in [0.4, 0.5) is 0 Å². The lowest BCUT2D eigenvalue weighted by Gasteiger charge is -1.96. The van der Waals surface area contributed by atoms with Gasteiger partial charge in [0.05, 0.1) is 0 Å². The van der Waals surface area contributed by atoms with Crippen molar-refractivity contribution in [2.45, 2.75) is 6.92 Å². The average molecular weight is 228 g/mol. The summed E-state index contributed by atoms with van der Waals surface area (Å²) in [7, 11) is 0. The summed E-state index contributed by atoms with van der Waals surface area (Å²) >= 11 is 3.29. The van der Waals surface area contributed by atoms with Crippen LogP contribution in [0.5, 0.6) is 0 Å². The third-order valence-corrected chi connectivity index (χ3v) is 1.93. The van der Waals surface area contributed by atoms with E-state index in [4.69, 9.17) is 0 Å². The van der Waals surface area contributed by atoms with Gasteiger partial charge in [-0.25, -0.2) is 0 Å². The van der Waals surface area contributed by atoms with Crippen molar-refractivity contribution in [2.24, 2.45) is 0 Å². The molecule has 0 spiro atoms. The topological polar surface area (TPSA) is 32.9 Å². The molecule has 0 unspecified atom stereocenters. The molecule has 3 heteroatoms. The van der Waals surface area contributed by atoms with Gasteiger partial charge >= 0.3 is 0 Å². The Balaban J connectivity index is 3.01. The first-order chi connectivity index (χ1) is 5.74. The van der Waals surface area contributed by atoms with Crippen LogP contribution in [0.3, 0.4) is 0 Å². The smallest absolute Gasteiger partial charge is 0.248 e. The van der Waals surface area contributed by atoms with E-state index in [0.717, 1.165) is 16.5 Å². The van der Waals surface area contributed by atoms with Crippen LogP contribution < -0.4 is 5.56 Å². The van der Waals surface area contributed by atoms with Gasteiger partial charge in [0, 0.05) is 17.6 Å². The van der Waals surface area contributed by atoms with Gasteiger partial charge in [-0.05, 0) is 18.1 Å². The van der Waals surface area contributed by atoms with Gasteiger partial charge in [-0.1, -0.05) is 28.1 Å². The number of pyridine rings is 1. The molecular formula is C9H10BrNO. The fourth-order valence-electron chi connectivity index (χ4n) is 0.935. The van der Waals surface area contributed by atoms with Crippen molar-refractivity contribution in [2.75, 3.05) is 5.33 Å². The summed E-state index contributed by atoms with van der Waals surface area (Å²) in [6.45, 7) is 1.92. The first kappa shape index (κ1) is 9.26. The minimum atomic E-state index is -0.0523. The van der Waals surface area contributed by atoms with Crippen LogP contribution >= 0.6 is 15.9 Å². The molecule has 64 valence electrons. The highest BCUT2D eigenvalue weighted by molar-refractivity contribution is 9.09. The maximum Gasteiger partial charge on any atom is 0.248 e. The maximum absolute atomic E-state index is 10.8. The van der Waals surface area contributed by atoms with Crippen LogP contribution in [0, 0.1) is 6.92 Å². The number of aromatic nitrogens is 1. The second-order valence-corrected chi connectivity index (χ2v) is 3.14. The summed E-state index contributed by atoms with van der Waals surface area (Å²) in [5, 5.41) is 0.825. The third-order valence-electron chi connectivity index (χ3n) is 1.56. The number of alkyl halides is 1. The molecule has 1 N–H and O–H groups in total. The van der Waals surface area contributed by atoms with Gasteiger partial charge in [-0.2, -0.15) is 0 Å². The first-order valence-electron chi connectivity index (χ1n) is 3.66. The molecule has 0 saturated carbocycles. The number of hydrogen-bond donors (Lipinski definition) is 1. The van der Waals surface area contributed by atoms with Gasteiger partial charge < -0.3 is 4.98 Å². The Morgan fingerprint density at radius 1 is 1.67 bits per heavy atom. The maximum atomic E-state index is 10.8. The summed E-state index contributed by atoms with van der Waals surface area (Å²) in [4.78, 5) is 13.5. The van der Waals surface area contributed by atoms with E-state index < -0.39 is 0 Å². The molecule has 0 fully saturated rings. The number of halogens is 1. The number of aromatic amines is 1. The highest BCUT2D eigenvalue weighted by atomic mass is 79.9. The number of H-pyrrole nitrogens is 1. The van der Waals surface area contributed by atoms with Gasteiger partial charge in [0.25, 0.3) is 0 Å². The molecule has 2 nitrogen and oxygen atoms in total. The predicted octanol–water partition coefficient (Wildman–Crippen LogP) is 2.09. The second kappa shape index (κ2) is 4.26. The predicted molar refractivity (Wildman–Crippen MR) is 54.6 cm³/mol. The molecule has 1 aromatic heterocycles. The number of rotatable bonds is 2. The van der Waals surface area contributed by atoms with Gasteiger partial charge in [0.2, 0.25) is 5.56 Å². The van der Waals surface area contributed by atoms with Crippen LogP contribution in [0.25, 0.3) is 6.08 Å². The van der Waals surface area contributed by atoms with Gasteiger partial charge in [-0.15, -0.1) is 0 Å². The van der Waals surface area contributed by atoms with E-state index in [0.29, 0.717) is 0 Å². The molecule has 0 radical (unpaired) electrons. The highest BCUT2D eigenvalue weighted by Gasteiger charge is 1.92. The molecule has 0 atom stereocenters. The summed E-state index contributed by atoms with van der Waals surface area (Å²) in [5.74, 6) is 0. The molecule has 0 aromatic carbocycles. The summed E-state index contributed by atoms with van der Waals surface area (Å²) < 4.78 is 0. The lowest BCUT2D eigenvalue weighted by molar-refractivity contribution is 1.20. The zero-order valence-corrected chi connectivity index (χ0v) is 8.39. The third kappa shape index (κ3) is 2.34. The van der Waals surface area contributed by atoms with Crippen molar-refractivity contribution in [3.8, 4) is 0 Å². The minimum Gasteiger partial charge on any atom is -0.328 e. The Hall–Kier alpha value is -0.830. The van der Waals surface area contributed by atoms with Crippen LogP contribution in [0.15, 0.2) is 23.1 Å². The zero-order chi connectivity index (χ0) is 8.97. The van der Waals surface area contributed by atoms with Crippen LogP contribution in [0.1, 0.15) is 11.1 Å². The van der Waals surface area contributed by atoms with E-state index >= 15 is 0 Å². The Morgan fingerprint density at radius 3 is 3.00 bits per heavy atom. The Morgan fingerprint density at radius 2 is 2.42 bits per heavy atom. The lowest BCUT2D eigenvalue weighted by atomic mass is 10.1. The number of allylic oxidation sites excluding steroid dienone is 1. The van der Waals surface area contributed by atoms with E-state index in [1.165, 1.54) is 0 Å². The molecule has 0 aliphatic heterocycles. The van der Waals surface area contributed by atoms with Crippen molar-refractivity contribution < 1.29 is 0 Å². The fraction of sp³-hybridized carbons (Fsp3) is 0.222. The minimum absolute atomic E-state index is 0.0523. The van der Waals surface area contributed by atoms with E-state index in [9.17, 15) is 4.79 Å². The van der Waals surface area contributed by atoms with Crippen LogP contribution in [-0.4, -0.2) is 10.3 Å². The van der Waals surface area contributed by atoms with E-state index in [2.05, 4.69) is 20.9 Å². The molecule has 1 heterocycles. The molecular weight excluding hydrogens is 218 g/mol. The molecule has 1 rings (SSSR count). The molecule has 0 amide bonds. The molecule has 12 heavy (non-hydrogen) atoms. The number of nitrogens with one attached hydrogen (secondary N) is 1. The van der Waals surface area contributed by atoms with E-state index in [-0.39, 0.29) is 5.56 Å². The van der Waals surface area contributed by atoms with E-state index in [1.54, 1.807) is 12.3 Å². The van der Waals surface area contributed by atoms with Crippen LogP contribution in [0.2, 0.25) is 0 Å². The molecule has 0 aliphatic carbocycles. The van der Waals surface area contributed by atoms with Crippen molar-refractivity contribution in [1.82, 2.24) is 4.98 Å². The number of aryl methyl sites for hydroxylation is 1. The first-order valence-corrected chi connectivity index (χ1v) is 4.78. The lowest BCUT2D eigenvalue weighted by Crippen LogP contribution is -2.04. The van der Waals surface area contributed by atoms with Gasteiger partial charge in [-0.3, -0.25) is 4.79 Å². The molecule has 1 aromatic rings. The largest absolute Gasteiger partial charge is 0.328 e. The van der Waals surface area contributed by atoms with Crippen molar-refractivity contribution in [3.63, 3.8) is 0 Å². The SMILES string of the molecule is Cc1cc(=O)[nH]cc1C=CCBr. The van der Waals surface area contributed by atoms with Gasteiger partial charge in [0.1, 0.15) is 0 Å². The standard InChI is InChI=1S/C9H10BrNO/c1-7-5-9(12)11-6-8(7)3-2-4-10/h2-3,5-6H,4H2,1H3,(H,11,12). The van der Waals surface area contributed by atoms with Crippen molar-refractivity contribution in [1.29, 1.82) is 0 Å². The van der Waals surface area contributed by atoms with Crippen LogP contribution in [-0.2, 0) is 0 Å². The summed E-state index contributed by atoms with van der Waals surface area (Å²) in [5.41, 5.74) is 1.99. The number of hydrogen-bond acceptors (Lipinski definition) is 1. The molecule has 0 saturated heterocycles. The zero-order valence-electron chi connectivity index (χ0n) is 6.80. The average Bonchev–Trinajstić information content (AvgIpc) is 2.03. The Bertz CT molecular complexity index is 341. The normalized spacial score (nSPS) is 10.8. The van der Waals surface area contributed by atoms with Crippen molar-refractivity contribution >= 4 is 22.0 Å². The quantitative estimate of drug-likeness (QED) is 0.772.